The minimum absolute atomic E-state index is 0.572. The van der Waals surface area contributed by atoms with Crippen LogP contribution in [-0.2, 0) is 4.74 Å². The summed E-state index contributed by atoms with van der Waals surface area (Å²) in [6.07, 6.45) is 4.89. The van der Waals surface area contributed by atoms with Gasteiger partial charge in [-0.2, -0.15) is 5.10 Å². The molecule has 5 heteroatoms. The average Bonchev–Trinajstić information content (AvgIpc) is 2.28. The van der Waals surface area contributed by atoms with Crippen molar-refractivity contribution in [3.63, 3.8) is 0 Å². The van der Waals surface area contributed by atoms with Crippen molar-refractivity contribution >= 4 is 23.0 Å². The van der Waals surface area contributed by atoms with Gasteiger partial charge in [0.2, 0.25) is 0 Å². The summed E-state index contributed by atoms with van der Waals surface area (Å²) in [4.78, 5) is 0. The molecule has 0 aliphatic heterocycles. The van der Waals surface area contributed by atoms with Crippen molar-refractivity contribution in [3.8, 4) is 0 Å². The van der Waals surface area contributed by atoms with Gasteiger partial charge in [0.1, 0.15) is 0 Å². The van der Waals surface area contributed by atoms with E-state index >= 15 is 0 Å². The first kappa shape index (κ1) is 13.4. The minimum Gasteiger partial charge on any atom is -0.383 e. The Morgan fingerprint density at radius 2 is 2.38 bits per heavy atom. The number of nitrogens with zero attached hydrogens (tertiary/aromatic N) is 1. The van der Waals surface area contributed by atoms with Gasteiger partial charge in [-0.05, 0) is 37.4 Å². The van der Waals surface area contributed by atoms with Gasteiger partial charge in [0.15, 0.2) is 5.11 Å². The van der Waals surface area contributed by atoms with E-state index in [0.717, 1.165) is 6.42 Å². The molecule has 0 amide bonds. The molecule has 16 heavy (non-hydrogen) atoms. The highest BCUT2D eigenvalue weighted by Gasteiger charge is 2.15. The zero-order chi connectivity index (χ0) is 11.8. The summed E-state index contributed by atoms with van der Waals surface area (Å²) < 4.78 is 4.92. The fourth-order valence-corrected chi connectivity index (χ4v) is 1.91. The van der Waals surface area contributed by atoms with E-state index in [2.05, 4.69) is 22.8 Å². The number of rotatable bonds is 4. The highest BCUT2D eigenvalue weighted by Crippen LogP contribution is 2.20. The molecule has 0 aromatic rings. The highest BCUT2D eigenvalue weighted by atomic mass is 32.1. The van der Waals surface area contributed by atoms with Crippen molar-refractivity contribution in [3.05, 3.63) is 0 Å². The molecular formula is C11H21N3OS. The van der Waals surface area contributed by atoms with E-state index in [4.69, 9.17) is 17.0 Å². The summed E-state index contributed by atoms with van der Waals surface area (Å²) in [5.41, 5.74) is 4.13. The number of hydrazone groups is 1. The molecule has 92 valence electrons. The summed E-state index contributed by atoms with van der Waals surface area (Å²) in [5, 5.41) is 7.96. The molecule has 1 saturated carbocycles. The van der Waals surface area contributed by atoms with Crippen molar-refractivity contribution in [1.82, 2.24) is 10.7 Å². The van der Waals surface area contributed by atoms with Gasteiger partial charge in [0.05, 0.1) is 6.61 Å². The second-order valence-corrected chi connectivity index (χ2v) is 4.52. The molecule has 0 spiro atoms. The molecule has 2 N–H and O–H groups in total. The molecule has 1 fully saturated rings. The molecule has 1 aliphatic rings. The molecule has 1 rings (SSSR count). The molecule has 0 aromatic carbocycles. The summed E-state index contributed by atoms with van der Waals surface area (Å²) in [5.74, 6) is 0.586. The number of hydrogen-bond donors (Lipinski definition) is 2. The number of nitrogens with one attached hydrogen (secondary N) is 2. The van der Waals surface area contributed by atoms with E-state index in [-0.39, 0.29) is 0 Å². The van der Waals surface area contributed by atoms with Gasteiger partial charge < -0.3 is 10.1 Å². The van der Waals surface area contributed by atoms with Crippen molar-refractivity contribution in [2.24, 2.45) is 11.0 Å². The molecule has 1 atom stereocenters. The Bertz CT molecular complexity index is 256. The predicted octanol–water partition coefficient (Wildman–Crippen LogP) is 1.66. The Kier molecular flexibility index (Phi) is 6.33. The van der Waals surface area contributed by atoms with Crippen molar-refractivity contribution in [1.29, 1.82) is 0 Å². The van der Waals surface area contributed by atoms with Crippen LogP contribution in [0.1, 0.15) is 32.6 Å². The monoisotopic (exact) mass is 243 g/mol. The van der Waals surface area contributed by atoms with E-state index in [0.29, 0.717) is 24.2 Å². The van der Waals surface area contributed by atoms with Crippen LogP contribution in [0.2, 0.25) is 0 Å². The molecule has 0 unspecified atom stereocenters. The third-order valence-corrected chi connectivity index (χ3v) is 3.02. The zero-order valence-electron chi connectivity index (χ0n) is 10.1. The maximum absolute atomic E-state index is 5.09. The lowest BCUT2D eigenvalue weighted by Gasteiger charge is -2.20. The van der Waals surface area contributed by atoms with Gasteiger partial charge in [0, 0.05) is 19.4 Å². The summed E-state index contributed by atoms with van der Waals surface area (Å²) in [6.45, 7) is 3.58. The van der Waals surface area contributed by atoms with Crippen LogP contribution in [-0.4, -0.2) is 31.1 Å². The minimum atomic E-state index is 0.572. The molecule has 1 aliphatic carbocycles. The van der Waals surface area contributed by atoms with Crippen molar-refractivity contribution in [2.75, 3.05) is 20.3 Å². The van der Waals surface area contributed by atoms with Crippen molar-refractivity contribution in [2.45, 2.75) is 32.6 Å². The van der Waals surface area contributed by atoms with Crippen LogP contribution in [0.3, 0.4) is 0 Å². The molecule has 0 saturated heterocycles. The molecule has 4 nitrogen and oxygen atoms in total. The number of thiocarbonyl (C=S) groups is 1. The first-order valence-electron chi connectivity index (χ1n) is 5.83. The van der Waals surface area contributed by atoms with Crippen LogP contribution in [0.25, 0.3) is 0 Å². The number of ether oxygens (including phenoxy) is 1. The molecular weight excluding hydrogens is 222 g/mol. The number of hydrogen-bond acceptors (Lipinski definition) is 3. The van der Waals surface area contributed by atoms with Gasteiger partial charge in [0.25, 0.3) is 0 Å². The van der Waals surface area contributed by atoms with Gasteiger partial charge in [-0.3, -0.25) is 5.43 Å². The molecule has 0 aromatic heterocycles. The summed E-state index contributed by atoms with van der Waals surface area (Å²) in [6, 6.07) is 0. The third kappa shape index (κ3) is 4.90. The molecule has 0 radical (unpaired) electrons. The lowest BCUT2D eigenvalue weighted by atomic mass is 9.89. The smallest absolute Gasteiger partial charge is 0.187 e. The standard InChI is InChI=1S/C11H21N3OS/c1-9-5-3-4-6-10(9)13-14-11(16)12-7-8-15-2/h9H,3-8H2,1-2H3,(H2,12,14,16)/b13-10-/t9-/m1/s1. The zero-order valence-corrected chi connectivity index (χ0v) is 10.9. The van der Waals surface area contributed by atoms with Gasteiger partial charge in [-0.15, -0.1) is 0 Å². The maximum atomic E-state index is 5.09. The molecule has 0 bridgehead atoms. The Morgan fingerprint density at radius 1 is 1.56 bits per heavy atom. The van der Waals surface area contributed by atoms with E-state index in [1.165, 1.54) is 25.0 Å². The van der Waals surface area contributed by atoms with Crippen molar-refractivity contribution < 1.29 is 4.74 Å². The second kappa shape index (κ2) is 7.57. The van der Waals surface area contributed by atoms with Crippen LogP contribution in [0.5, 0.6) is 0 Å². The first-order valence-corrected chi connectivity index (χ1v) is 6.24. The van der Waals surface area contributed by atoms with Crippen LogP contribution in [0.4, 0.5) is 0 Å². The predicted molar refractivity (Wildman–Crippen MR) is 70.7 cm³/mol. The maximum Gasteiger partial charge on any atom is 0.187 e. The van der Waals surface area contributed by atoms with Crippen LogP contribution >= 0.6 is 12.2 Å². The van der Waals surface area contributed by atoms with Crippen LogP contribution < -0.4 is 10.7 Å². The third-order valence-electron chi connectivity index (χ3n) is 2.78. The average molecular weight is 243 g/mol. The molecule has 0 heterocycles. The largest absolute Gasteiger partial charge is 0.383 e. The summed E-state index contributed by atoms with van der Waals surface area (Å²) >= 11 is 5.09. The van der Waals surface area contributed by atoms with Crippen LogP contribution in [0.15, 0.2) is 5.10 Å². The number of methoxy groups -OCH3 is 1. The lowest BCUT2D eigenvalue weighted by Crippen LogP contribution is -2.35. The fourth-order valence-electron chi connectivity index (χ4n) is 1.76. The van der Waals surface area contributed by atoms with E-state index in [9.17, 15) is 0 Å². The van der Waals surface area contributed by atoms with Crippen LogP contribution in [0, 0.1) is 5.92 Å². The summed E-state index contributed by atoms with van der Waals surface area (Å²) in [7, 11) is 1.67. The van der Waals surface area contributed by atoms with E-state index in [1.54, 1.807) is 7.11 Å². The Hall–Kier alpha value is -0.680. The normalized spacial score (nSPS) is 23.1. The van der Waals surface area contributed by atoms with Gasteiger partial charge in [-0.1, -0.05) is 13.3 Å². The van der Waals surface area contributed by atoms with E-state index < -0.39 is 0 Å². The highest BCUT2D eigenvalue weighted by molar-refractivity contribution is 7.80. The van der Waals surface area contributed by atoms with E-state index in [1.807, 2.05) is 0 Å². The Morgan fingerprint density at radius 3 is 3.06 bits per heavy atom. The second-order valence-electron chi connectivity index (χ2n) is 4.11. The quantitative estimate of drug-likeness (QED) is 0.448. The Labute approximate surface area is 103 Å². The Balaban J connectivity index is 2.25. The SMILES string of the molecule is COCCNC(=S)N/N=C1/CCCC[C@H]1C. The van der Waals surface area contributed by atoms with Gasteiger partial charge >= 0.3 is 0 Å². The first-order chi connectivity index (χ1) is 7.74. The lowest BCUT2D eigenvalue weighted by molar-refractivity contribution is 0.204. The van der Waals surface area contributed by atoms with Gasteiger partial charge in [-0.25, -0.2) is 0 Å². The topological polar surface area (TPSA) is 45.6 Å². The fraction of sp³-hybridized carbons (Fsp3) is 0.818.